The maximum Gasteiger partial charge on any atom is 0.175 e. The van der Waals surface area contributed by atoms with Crippen LogP contribution in [-0.2, 0) is 15.7 Å². The third kappa shape index (κ3) is 6.51. The zero-order chi connectivity index (χ0) is 22.1. The Bertz CT molecular complexity index is 1090. The van der Waals surface area contributed by atoms with Crippen LogP contribution in [0.15, 0.2) is 120 Å². The molecule has 2 nitrogen and oxygen atoms in total. The highest BCUT2D eigenvalue weighted by Crippen LogP contribution is 2.32. The number of benzene rings is 4. The van der Waals surface area contributed by atoms with Crippen LogP contribution in [0.2, 0.25) is 0 Å². The molecule has 0 saturated heterocycles. The van der Waals surface area contributed by atoms with Gasteiger partial charge in [-0.2, -0.15) is 0 Å². The van der Waals surface area contributed by atoms with E-state index in [0.717, 1.165) is 0 Å². The maximum absolute atomic E-state index is 11.2. The van der Waals surface area contributed by atoms with Crippen molar-refractivity contribution < 1.29 is 8.42 Å². The standard InChI is InChI=1S/C18H15P.C8H9ClO2S/c1-4-10-16(11-5-1)19(17-12-6-2-7-13-17)18-14-8-3-9-15-18;1-12(10,11)8-5-3-2-4-7(8)6-9/h1-15H;2-5H,6H2,1H3. The van der Waals surface area contributed by atoms with Crippen LogP contribution in [0.4, 0.5) is 0 Å². The van der Waals surface area contributed by atoms with Gasteiger partial charge in [0.15, 0.2) is 9.84 Å². The molecule has 31 heavy (non-hydrogen) atoms. The van der Waals surface area contributed by atoms with Crippen LogP contribution in [0, 0.1) is 0 Å². The Balaban J connectivity index is 0.000000196. The molecule has 0 aliphatic rings. The molecule has 4 aromatic carbocycles. The summed E-state index contributed by atoms with van der Waals surface area (Å²) in [6.45, 7) is 0. The van der Waals surface area contributed by atoms with Crippen molar-refractivity contribution in [3.8, 4) is 0 Å². The predicted molar refractivity (Wildman–Crippen MR) is 134 cm³/mol. The molecule has 0 amide bonds. The summed E-state index contributed by atoms with van der Waals surface area (Å²) in [5.41, 5.74) is 0.654. The van der Waals surface area contributed by atoms with Crippen LogP contribution < -0.4 is 15.9 Å². The molecule has 0 radical (unpaired) electrons. The summed E-state index contributed by atoms with van der Waals surface area (Å²) in [6, 6.07) is 39.1. The maximum atomic E-state index is 11.2. The Morgan fingerprint density at radius 3 is 1.29 bits per heavy atom. The Morgan fingerprint density at radius 1 is 0.613 bits per heavy atom. The quantitative estimate of drug-likeness (QED) is 0.296. The van der Waals surface area contributed by atoms with Gasteiger partial charge in [0, 0.05) is 12.1 Å². The zero-order valence-corrected chi connectivity index (χ0v) is 19.7. The topological polar surface area (TPSA) is 34.1 Å². The first kappa shape index (κ1) is 23.2. The first-order valence-corrected chi connectivity index (χ1v) is 13.6. The molecular weight excluding hydrogens is 443 g/mol. The van der Waals surface area contributed by atoms with E-state index < -0.39 is 17.8 Å². The van der Waals surface area contributed by atoms with Gasteiger partial charge in [0.1, 0.15) is 0 Å². The van der Waals surface area contributed by atoms with Crippen molar-refractivity contribution in [2.45, 2.75) is 10.8 Å². The molecule has 0 atom stereocenters. The summed E-state index contributed by atoms with van der Waals surface area (Å²) in [6.07, 6.45) is 1.18. The number of rotatable bonds is 5. The molecule has 5 heteroatoms. The monoisotopic (exact) mass is 466 g/mol. The molecule has 0 aliphatic carbocycles. The molecule has 4 aromatic rings. The van der Waals surface area contributed by atoms with Crippen molar-refractivity contribution in [2.75, 3.05) is 6.26 Å². The molecule has 0 aliphatic heterocycles. The molecule has 0 saturated carbocycles. The fraction of sp³-hybridized carbons (Fsp3) is 0.0769. The zero-order valence-electron chi connectivity index (χ0n) is 17.2. The van der Waals surface area contributed by atoms with E-state index in [1.54, 1.807) is 24.3 Å². The highest BCUT2D eigenvalue weighted by molar-refractivity contribution is 7.90. The summed E-state index contributed by atoms with van der Waals surface area (Å²) in [4.78, 5) is 0.319. The average molecular weight is 467 g/mol. The van der Waals surface area contributed by atoms with Gasteiger partial charge in [-0.1, -0.05) is 109 Å². The average Bonchev–Trinajstić information content (AvgIpc) is 2.81. The Kier molecular flexibility index (Phi) is 8.43. The summed E-state index contributed by atoms with van der Waals surface area (Å²) in [5.74, 6) is 0.225. The number of sulfone groups is 1. The van der Waals surface area contributed by atoms with Crippen molar-refractivity contribution in [1.29, 1.82) is 0 Å². The second-order valence-corrected chi connectivity index (χ2v) is 11.3. The lowest BCUT2D eigenvalue weighted by molar-refractivity contribution is 0.601. The third-order valence-corrected chi connectivity index (χ3v) is 8.49. The van der Waals surface area contributed by atoms with E-state index >= 15 is 0 Å². The van der Waals surface area contributed by atoms with Gasteiger partial charge in [-0.05, 0) is 35.5 Å². The Hall–Kier alpha value is -2.45. The lowest BCUT2D eigenvalue weighted by atomic mass is 10.2. The van der Waals surface area contributed by atoms with Crippen molar-refractivity contribution in [2.24, 2.45) is 0 Å². The lowest BCUT2D eigenvalue weighted by Crippen LogP contribution is -2.20. The lowest BCUT2D eigenvalue weighted by Gasteiger charge is -2.18. The summed E-state index contributed by atoms with van der Waals surface area (Å²) in [5, 5.41) is 4.19. The van der Waals surface area contributed by atoms with Gasteiger partial charge in [0.2, 0.25) is 0 Å². The Labute approximate surface area is 191 Å². The van der Waals surface area contributed by atoms with E-state index in [1.807, 2.05) is 0 Å². The van der Waals surface area contributed by atoms with Gasteiger partial charge in [-0.15, -0.1) is 11.6 Å². The van der Waals surface area contributed by atoms with Gasteiger partial charge in [0.25, 0.3) is 0 Å². The largest absolute Gasteiger partial charge is 0.224 e. The van der Waals surface area contributed by atoms with Gasteiger partial charge < -0.3 is 0 Å². The Morgan fingerprint density at radius 2 is 0.968 bits per heavy atom. The van der Waals surface area contributed by atoms with Crippen LogP contribution in [0.1, 0.15) is 5.56 Å². The van der Waals surface area contributed by atoms with Crippen LogP contribution >= 0.6 is 19.5 Å². The van der Waals surface area contributed by atoms with Crippen LogP contribution in [-0.4, -0.2) is 14.7 Å². The molecule has 4 rings (SSSR count). The first-order valence-electron chi connectivity index (χ1n) is 9.80. The van der Waals surface area contributed by atoms with Gasteiger partial charge in [-0.3, -0.25) is 0 Å². The molecule has 0 fully saturated rings. The van der Waals surface area contributed by atoms with E-state index in [4.69, 9.17) is 11.6 Å². The van der Waals surface area contributed by atoms with Crippen molar-refractivity contribution in [3.63, 3.8) is 0 Å². The summed E-state index contributed by atoms with van der Waals surface area (Å²) in [7, 11) is -3.58. The molecule has 0 unspecified atom stereocenters. The SMILES string of the molecule is CS(=O)(=O)c1ccccc1CCl.c1ccc(P(c2ccccc2)c2ccccc2)cc1. The fourth-order valence-corrected chi connectivity index (χ4v) is 6.71. The third-order valence-electron chi connectivity index (χ3n) is 4.56. The minimum atomic E-state index is -3.13. The van der Waals surface area contributed by atoms with Crippen LogP contribution in [0.25, 0.3) is 0 Å². The normalized spacial score (nSPS) is 10.9. The predicted octanol–water partition coefficient (Wildman–Crippen LogP) is 5.27. The molecular formula is C26H24ClO2PS. The second kappa shape index (κ2) is 11.2. The highest BCUT2D eigenvalue weighted by Gasteiger charge is 2.15. The van der Waals surface area contributed by atoms with Crippen molar-refractivity contribution in [3.05, 3.63) is 121 Å². The molecule has 0 aromatic heterocycles. The highest BCUT2D eigenvalue weighted by atomic mass is 35.5. The number of hydrogen-bond donors (Lipinski definition) is 0. The smallest absolute Gasteiger partial charge is 0.175 e. The minimum absolute atomic E-state index is 0.225. The van der Waals surface area contributed by atoms with E-state index in [0.29, 0.717) is 10.5 Å². The van der Waals surface area contributed by atoms with Crippen molar-refractivity contribution >= 4 is 45.3 Å². The molecule has 0 spiro atoms. The van der Waals surface area contributed by atoms with Gasteiger partial charge in [-0.25, -0.2) is 8.42 Å². The van der Waals surface area contributed by atoms with Gasteiger partial charge in [0.05, 0.1) is 4.90 Å². The van der Waals surface area contributed by atoms with Gasteiger partial charge >= 0.3 is 0 Å². The molecule has 0 N–H and O–H groups in total. The molecule has 0 bridgehead atoms. The van der Waals surface area contributed by atoms with E-state index in [1.165, 1.54) is 22.2 Å². The van der Waals surface area contributed by atoms with E-state index in [-0.39, 0.29) is 5.88 Å². The van der Waals surface area contributed by atoms with Crippen LogP contribution in [0.3, 0.4) is 0 Å². The number of hydrogen-bond acceptors (Lipinski definition) is 2. The van der Waals surface area contributed by atoms with E-state index in [9.17, 15) is 8.42 Å². The van der Waals surface area contributed by atoms with E-state index in [2.05, 4.69) is 91.0 Å². The summed E-state index contributed by atoms with van der Waals surface area (Å²) < 4.78 is 22.3. The summed E-state index contributed by atoms with van der Waals surface area (Å²) >= 11 is 5.57. The fourth-order valence-electron chi connectivity index (χ4n) is 3.15. The molecule has 0 heterocycles. The second-order valence-electron chi connectivity index (χ2n) is 6.86. The van der Waals surface area contributed by atoms with Crippen molar-refractivity contribution in [1.82, 2.24) is 0 Å². The number of alkyl halides is 1. The van der Waals surface area contributed by atoms with Crippen LogP contribution in [0.5, 0.6) is 0 Å². The minimum Gasteiger partial charge on any atom is -0.224 e. The number of halogens is 1. The first-order chi connectivity index (χ1) is 15.0. The molecule has 158 valence electrons.